The SMILES string of the molecule is C[Si]1(C)Oc2c(c3ccccc3c3ccccc23)O[Si](C)(C)[Si](C)(C)[Si](C)(C)[Si](C)(C)[Si]1(C)C. The van der Waals surface area contributed by atoms with Crippen molar-refractivity contribution in [1.29, 1.82) is 0 Å². The summed E-state index contributed by atoms with van der Waals surface area (Å²) >= 11 is 0. The van der Waals surface area contributed by atoms with Gasteiger partial charge in [-0.3, -0.25) is 0 Å². The van der Waals surface area contributed by atoms with Crippen LogP contribution in [0.3, 0.4) is 0 Å². The standard InChI is InChI=1S/C26H44O2Si6/c1-29(2)27-25-23-19-15-13-17-21(23)22-18-14-16-20-24(22)26(25)28-30(3,4)32(7,8)34(11,12)33(9,10)31(29,5)6/h13-20H,1-12H3. The van der Waals surface area contributed by atoms with Crippen LogP contribution >= 0.6 is 0 Å². The van der Waals surface area contributed by atoms with Crippen LogP contribution in [0.2, 0.25) is 78.6 Å². The molecule has 1 aliphatic heterocycles. The van der Waals surface area contributed by atoms with Crippen LogP contribution in [0.5, 0.6) is 11.5 Å². The van der Waals surface area contributed by atoms with E-state index in [1.807, 2.05) is 0 Å². The highest BCUT2D eigenvalue weighted by Gasteiger charge is 2.69. The average Bonchev–Trinajstić information content (AvgIpc) is 2.74. The minimum absolute atomic E-state index is 1.04. The molecule has 0 fully saturated rings. The second-order valence-electron chi connectivity index (χ2n) is 13.5. The van der Waals surface area contributed by atoms with Crippen LogP contribution in [-0.4, -0.2) is 44.1 Å². The van der Waals surface area contributed by atoms with E-state index in [-0.39, 0.29) is 0 Å². The van der Waals surface area contributed by atoms with Gasteiger partial charge < -0.3 is 8.85 Å². The average molecular weight is 557 g/mol. The molecule has 0 amide bonds. The van der Waals surface area contributed by atoms with E-state index in [0.29, 0.717) is 0 Å². The predicted octanol–water partition coefficient (Wildman–Crippen LogP) is 8.40. The Morgan fingerprint density at radius 2 is 0.647 bits per heavy atom. The van der Waals surface area contributed by atoms with Crippen molar-refractivity contribution in [2.24, 2.45) is 0 Å². The van der Waals surface area contributed by atoms with E-state index in [1.54, 1.807) is 0 Å². The Morgan fingerprint density at radius 3 is 0.941 bits per heavy atom. The second kappa shape index (κ2) is 7.79. The van der Waals surface area contributed by atoms with Crippen LogP contribution < -0.4 is 8.85 Å². The summed E-state index contributed by atoms with van der Waals surface area (Å²) in [7, 11) is -10.6. The Bertz CT molecular complexity index is 1180. The molecule has 0 unspecified atom stereocenters. The molecule has 2 nitrogen and oxygen atoms in total. The molecule has 0 atom stereocenters. The van der Waals surface area contributed by atoms with Crippen LogP contribution in [0.15, 0.2) is 48.5 Å². The maximum absolute atomic E-state index is 7.46. The van der Waals surface area contributed by atoms with Crippen molar-refractivity contribution in [2.45, 2.75) is 78.6 Å². The molecule has 0 spiro atoms. The van der Waals surface area contributed by atoms with Crippen LogP contribution in [0.4, 0.5) is 0 Å². The smallest absolute Gasteiger partial charge is 0.226 e. The largest absolute Gasteiger partial charge is 0.544 e. The third kappa shape index (κ3) is 3.32. The van der Waals surface area contributed by atoms with Crippen molar-refractivity contribution in [3.8, 4) is 11.5 Å². The van der Waals surface area contributed by atoms with Crippen molar-refractivity contribution in [2.75, 3.05) is 0 Å². The Balaban J connectivity index is 2.19. The Kier molecular flexibility index (Phi) is 5.99. The van der Waals surface area contributed by atoms with Crippen molar-refractivity contribution in [3.05, 3.63) is 48.5 Å². The van der Waals surface area contributed by atoms with E-state index in [0.717, 1.165) is 11.5 Å². The molecular formula is C26H44O2Si6. The molecule has 0 aliphatic carbocycles. The normalized spacial score (nSPS) is 24.0. The molecule has 0 radical (unpaired) electrons. The van der Waals surface area contributed by atoms with Gasteiger partial charge in [0.2, 0.25) is 15.7 Å². The van der Waals surface area contributed by atoms with Gasteiger partial charge in [-0.15, -0.1) is 0 Å². The number of hydrogen-bond acceptors (Lipinski definition) is 2. The minimum atomic E-state index is -2.05. The van der Waals surface area contributed by atoms with Gasteiger partial charge in [-0.05, 0) is 37.0 Å². The molecule has 0 saturated carbocycles. The van der Waals surface area contributed by atoms with Gasteiger partial charge in [-0.25, -0.2) is 0 Å². The zero-order valence-electron chi connectivity index (χ0n) is 23.4. The fourth-order valence-corrected chi connectivity index (χ4v) is 148. The maximum Gasteiger partial charge on any atom is 0.226 e. The summed E-state index contributed by atoms with van der Waals surface area (Å²) in [5.74, 6) is 2.09. The van der Waals surface area contributed by atoms with E-state index < -0.39 is 44.1 Å². The lowest BCUT2D eigenvalue weighted by Crippen LogP contribution is -2.89. The van der Waals surface area contributed by atoms with E-state index in [2.05, 4.69) is 127 Å². The molecule has 184 valence electrons. The molecular weight excluding hydrogens is 513 g/mol. The van der Waals surface area contributed by atoms with Gasteiger partial charge in [0.25, 0.3) is 0 Å². The fourth-order valence-electron chi connectivity index (χ4n) is 6.11. The first kappa shape index (κ1) is 26.2. The fraction of sp³-hybridized carbons (Fsp3) is 0.462. The van der Waals surface area contributed by atoms with E-state index >= 15 is 0 Å². The molecule has 0 bridgehead atoms. The van der Waals surface area contributed by atoms with Gasteiger partial charge >= 0.3 is 0 Å². The lowest BCUT2D eigenvalue weighted by atomic mass is 10.0. The summed E-state index contributed by atoms with van der Waals surface area (Å²) in [5, 5.41) is 5.01. The lowest BCUT2D eigenvalue weighted by molar-refractivity contribution is 0.508. The third-order valence-electron chi connectivity index (χ3n) is 11.3. The number of hydrogen-bond donors (Lipinski definition) is 0. The predicted molar refractivity (Wildman–Crippen MR) is 168 cm³/mol. The second-order valence-corrected chi connectivity index (χ2v) is 76.1. The van der Waals surface area contributed by atoms with Crippen molar-refractivity contribution in [1.82, 2.24) is 0 Å². The summed E-state index contributed by atoms with van der Waals surface area (Å²) in [4.78, 5) is 0. The summed E-state index contributed by atoms with van der Waals surface area (Å²) in [6, 6.07) is 17.7. The highest BCUT2D eigenvalue weighted by Crippen LogP contribution is 2.50. The molecule has 0 N–H and O–H groups in total. The molecule has 3 aromatic carbocycles. The zero-order chi connectivity index (χ0) is 25.5. The zero-order valence-corrected chi connectivity index (χ0v) is 29.4. The van der Waals surface area contributed by atoms with Gasteiger partial charge in [0.1, 0.15) is 0 Å². The van der Waals surface area contributed by atoms with Gasteiger partial charge in [0, 0.05) is 25.0 Å². The summed E-state index contributed by atoms with van der Waals surface area (Å²) in [5.41, 5.74) is 0. The van der Waals surface area contributed by atoms with Crippen LogP contribution in [0.25, 0.3) is 21.5 Å². The van der Waals surface area contributed by atoms with E-state index in [1.165, 1.54) is 21.5 Å². The van der Waals surface area contributed by atoms with Gasteiger partial charge in [-0.1, -0.05) is 101 Å². The molecule has 4 rings (SSSR count). The molecule has 1 aliphatic rings. The molecule has 0 saturated heterocycles. The van der Waals surface area contributed by atoms with Crippen LogP contribution in [-0.2, 0) is 0 Å². The first-order valence-electron chi connectivity index (χ1n) is 12.7. The first-order chi connectivity index (χ1) is 15.4. The third-order valence-corrected chi connectivity index (χ3v) is 126. The van der Waals surface area contributed by atoms with Crippen molar-refractivity contribution in [3.63, 3.8) is 0 Å². The van der Waals surface area contributed by atoms with Crippen molar-refractivity contribution < 1.29 is 8.85 Å². The monoisotopic (exact) mass is 556 g/mol. The van der Waals surface area contributed by atoms with Crippen molar-refractivity contribution >= 4 is 65.7 Å². The minimum Gasteiger partial charge on any atom is -0.544 e. The topological polar surface area (TPSA) is 18.5 Å². The molecule has 0 aromatic heterocycles. The maximum atomic E-state index is 7.46. The highest BCUT2D eigenvalue weighted by molar-refractivity contribution is 7.96. The van der Waals surface area contributed by atoms with E-state index in [9.17, 15) is 0 Å². The summed E-state index contributed by atoms with van der Waals surface area (Å²) < 4.78 is 14.9. The number of fused-ring (bicyclic) bond motifs is 6. The molecule has 8 heteroatoms. The quantitative estimate of drug-likeness (QED) is 0.204. The first-order valence-corrected chi connectivity index (χ1v) is 35.5. The number of rotatable bonds is 0. The summed E-state index contributed by atoms with van der Waals surface area (Å²) in [6.07, 6.45) is 0. The Labute approximate surface area is 212 Å². The molecule has 1 heterocycles. The highest BCUT2D eigenvalue weighted by atomic mass is 30.0. The van der Waals surface area contributed by atoms with E-state index in [4.69, 9.17) is 8.85 Å². The summed E-state index contributed by atoms with van der Waals surface area (Å²) in [6.45, 7) is 32.1. The molecule has 3 aromatic rings. The molecule has 34 heavy (non-hydrogen) atoms. The van der Waals surface area contributed by atoms with Gasteiger partial charge in [0.15, 0.2) is 11.5 Å². The number of benzene rings is 3. The van der Waals surface area contributed by atoms with Crippen LogP contribution in [0.1, 0.15) is 0 Å². The van der Waals surface area contributed by atoms with Crippen LogP contribution in [0, 0.1) is 0 Å². The Hall–Kier alpha value is -0.919. The van der Waals surface area contributed by atoms with Gasteiger partial charge in [-0.2, -0.15) is 0 Å². The Morgan fingerprint density at radius 1 is 0.382 bits per heavy atom. The lowest BCUT2D eigenvalue weighted by Gasteiger charge is -2.61. The van der Waals surface area contributed by atoms with Gasteiger partial charge in [0.05, 0.1) is 14.2 Å².